The molecule has 182 valence electrons. The highest BCUT2D eigenvalue weighted by Crippen LogP contribution is 2.53. The Kier molecular flexibility index (Phi) is 5.41. The van der Waals surface area contributed by atoms with Gasteiger partial charge in [-0.2, -0.15) is 10.2 Å². The summed E-state index contributed by atoms with van der Waals surface area (Å²) in [6, 6.07) is 9.27. The van der Waals surface area contributed by atoms with Gasteiger partial charge in [-0.15, -0.1) is 0 Å². The molecule has 3 aliphatic heterocycles. The lowest BCUT2D eigenvalue weighted by atomic mass is 9.61. The molecule has 4 heterocycles. The van der Waals surface area contributed by atoms with E-state index in [1.165, 1.54) is 0 Å². The summed E-state index contributed by atoms with van der Waals surface area (Å²) in [7, 11) is 1.84. The maximum Gasteiger partial charge on any atom is 0.282 e. The molecule has 0 saturated heterocycles. The minimum atomic E-state index is -2.82. The van der Waals surface area contributed by atoms with E-state index in [9.17, 15) is 13.6 Å². The number of carbonyl (C=O) groups is 1. The van der Waals surface area contributed by atoms with Crippen LogP contribution >= 0.6 is 0 Å². The quantitative estimate of drug-likeness (QED) is 0.665. The molecule has 5 rings (SSSR count). The van der Waals surface area contributed by atoms with E-state index in [0.29, 0.717) is 35.6 Å². The number of nitrogens with one attached hydrogen (secondary N) is 2. The van der Waals surface area contributed by atoms with Crippen LogP contribution in [0.15, 0.2) is 75.5 Å². The van der Waals surface area contributed by atoms with Crippen LogP contribution in [0, 0.1) is 0 Å². The van der Waals surface area contributed by atoms with E-state index >= 15 is 0 Å². The number of azo groups is 1. The van der Waals surface area contributed by atoms with E-state index in [2.05, 4.69) is 30.8 Å². The smallest absolute Gasteiger partial charge is 0.282 e. The number of alkyl halides is 2. The molecular formula is C25H27F2N7O. The predicted molar refractivity (Wildman–Crippen MR) is 127 cm³/mol. The van der Waals surface area contributed by atoms with Crippen molar-refractivity contribution in [3.8, 4) is 0 Å². The molecule has 1 unspecified atom stereocenters. The van der Waals surface area contributed by atoms with Gasteiger partial charge in [0.25, 0.3) is 12.3 Å². The molecule has 2 N–H and O–H groups in total. The van der Waals surface area contributed by atoms with Gasteiger partial charge in [0, 0.05) is 48.4 Å². The third-order valence-corrected chi connectivity index (χ3v) is 6.94. The second-order valence-corrected chi connectivity index (χ2v) is 9.65. The molecule has 0 saturated carbocycles. The maximum atomic E-state index is 14.2. The number of aromatic nitrogens is 2. The van der Waals surface area contributed by atoms with Gasteiger partial charge in [0.05, 0.1) is 11.0 Å². The first-order valence-electron chi connectivity index (χ1n) is 11.6. The molecule has 2 atom stereocenters. The van der Waals surface area contributed by atoms with Gasteiger partial charge in [-0.25, -0.2) is 18.7 Å². The summed E-state index contributed by atoms with van der Waals surface area (Å²) in [6.07, 6.45) is 0.638. The fourth-order valence-corrected chi connectivity index (χ4v) is 5.47. The van der Waals surface area contributed by atoms with E-state index in [1.807, 2.05) is 57.0 Å². The predicted octanol–water partition coefficient (Wildman–Crippen LogP) is 4.36. The Morgan fingerprint density at radius 2 is 1.94 bits per heavy atom. The van der Waals surface area contributed by atoms with Gasteiger partial charge in [-0.3, -0.25) is 4.79 Å². The van der Waals surface area contributed by atoms with Crippen LogP contribution in [-0.2, 0) is 10.2 Å². The number of rotatable bonds is 5. The summed E-state index contributed by atoms with van der Waals surface area (Å²) in [5.74, 6) is 0.219. The zero-order chi connectivity index (χ0) is 25.0. The van der Waals surface area contributed by atoms with Crippen LogP contribution in [-0.4, -0.2) is 41.1 Å². The van der Waals surface area contributed by atoms with Crippen LogP contribution in [0.1, 0.15) is 39.2 Å². The van der Waals surface area contributed by atoms with Gasteiger partial charge in [0.2, 0.25) is 5.95 Å². The molecule has 1 amide bonds. The lowest BCUT2D eigenvalue weighted by Crippen LogP contribution is -2.58. The second kappa shape index (κ2) is 8.21. The first kappa shape index (κ1) is 23.1. The van der Waals surface area contributed by atoms with Gasteiger partial charge in [-0.1, -0.05) is 19.1 Å². The van der Waals surface area contributed by atoms with Gasteiger partial charge in [0.1, 0.15) is 5.70 Å². The van der Waals surface area contributed by atoms with Crippen LogP contribution in [0.3, 0.4) is 0 Å². The average Bonchev–Trinajstić information content (AvgIpc) is 3.26. The first-order valence-corrected chi connectivity index (χ1v) is 11.6. The maximum absolute atomic E-state index is 14.2. The number of hydrogen-bond acceptors (Lipinski definition) is 7. The number of fused-ring (bicyclic) bond motifs is 1. The van der Waals surface area contributed by atoms with Crippen LogP contribution < -0.4 is 15.5 Å². The molecule has 10 heteroatoms. The van der Waals surface area contributed by atoms with Crippen LogP contribution in [0.25, 0.3) is 0 Å². The zero-order valence-electron chi connectivity index (χ0n) is 20.0. The topological polar surface area (TPSA) is 94.9 Å². The SMILES string of the molecule is CC[C@]1(c2cccc(N(C)c3ncccn3)c2)C2=C(CC(C)(C)NC2=O)NC2N=NC(C(F)F)=C21. The highest BCUT2D eigenvalue weighted by atomic mass is 19.3. The molecule has 1 aromatic carbocycles. The molecule has 0 radical (unpaired) electrons. The Labute approximate surface area is 202 Å². The molecule has 2 aromatic rings. The number of halogens is 2. The average molecular weight is 480 g/mol. The van der Waals surface area contributed by atoms with Crippen LogP contribution in [0.4, 0.5) is 20.4 Å². The molecule has 35 heavy (non-hydrogen) atoms. The highest BCUT2D eigenvalue weighted by Gasteiger charge is 2.55. The number of nitrogens with zero attached hydrogens (tertiary/aromatic N) is 5. The van der Waals surface area contributed by atoms with E-state index in [4.69, 9.17) is 0 Å². The van der Waals surface area contributed by atoms with Crippen molar-refractivity contribution in [3.05, 3.63) is 70.8 Å². The lowest BCUT2D eigenvalue weighted by Gasteiger charge is -2.48. The summed E-state index contributed by atoms with van der Waals surface area (Å²) < 4.78 is 28.4. The number of benzene rings is 1. The minimum Gasteiger partial charge on any atom is -0.362 e. The largest absolute Gasteiger partial charge is 0.362 e. The highest BCUT2D eigenvalue weighted by molar-refractivity contribution is 6.00. The van der Waals surface area contributed by atoms with Gasteiger partial charge in [-0.05, 0) is 44.0 Å². The van der Waals surface area contributed by atoms with Crippen LogP contribution in [0.5, 0.6) is 0 Å². The summed E-state index contributed by atoms with van der Waals surface area (Å²) in [4.78, 5) is 24.0. The molecular weight excluding hydrogens is 452 g/mol. The Morgan fingerprint density at radius 3 is 2.63 bits per heavy atom. The van der Waals surface area contributed by atoms with Gasteiger partial charge < -0.3 is 15.5 Å². The Balaban J connectivity index is 1.75. The standard InChI is InChI=1S/C25H27F2N7O/c1-5-25(14-8-6-9-15(12-14)34(4)23-28-10-7-11-29-23)17-16(13-24(2,3)31-22(17)35)30-21-18(25)19(20(26)27)32-33-21/h6-12,20-21,30H,5,13H2,1-4H3,(H,31,35)/t21?,25-/m0/s1. The molecule has 0 fully saturated rings. The van der Waals surface area contributed by atoms with Crippen molar-refractivity contribution in [2.24, 2.45) is 10.2 Å². The van der Waals surface area contributed by atoms with Crippen molar-refractivity contribution in [1.29, 1.82) is 0 Å². The summed E-state index contributed by atoms with van der Waals surface area (Å²) in [6.45, 7) is 5.78. The molecule has 3 aliphatic rings. The fourth-order valence-electron chi connectivity index (χ4n) is 5.47. The van der Waals surface area contributed by atoms with Crippen molar-refractivity contribution in [3.63, 3.8) is 0 Å². The Hall–Kier alpha value is -3.69. The summed E-state index contributed by atoms with van der Waals surface area (Å²) in [5.41, 5.74) is 0.988. The Morgan fingerprint density at radius 1 is 1.20 bits per heavy atom. The van der Waals surface area contributed by atoms with Crippen molar-refractivity contribution in [1.82, 2.24) is 20.6 Å². The molecule has 0 spiro atoms. The fraction of sp³-hybridized carbons (Fsp3) is 0.400. The second-order valence-electron chi connectivity index (χ2n) is 9.65. The number of carbonyl (C=O) groups excluding carboxylic acids is 1. The van der Waals surface area contributed by atoms with E-state index in [-0.39, 0.29) is 11.6 Å². The summed E-state index contributed by atoms with van der Waals surface area (Å²) >= 11 is 0. The Bertz CT molecular complexity index is 1270. The van der Waals surface area contributed by atoms with Crippen molar-refractivity contribution < 1.29 is 13.6 Å². The van der Waals surface area contributed by atoms with Gasteiger partial charge in [0.15, 0.2) is 6.17 Å². The molecule has 0 bridgehead atoms. The monoisotopic (exact) mass is 479 g/mol. The van der Waals surface area contributed by atoms with Crippen LogP contribution in [0.2, 0.25) is 0 Å². The van der Waals surface area contributed by atoms with Crippen molar-refractivity contribution in [2.75, 3.05) is 11.9 Å². The number of hydrogen-bond donors (Lipinski definition) is 2. The van der Waals surface area contributed by atoms with Gasteiger partial charge >= 0.3 is 0 Å². The minimum absolute atomic E-state index is 0.276. The lowest BCUT2D eigenvalue weighted by molar-refractivity contribution is -0.120. The summed E-state index contributed by atoms with van der Waals surface area (Å²) in [5, 5.41) is 14.3. The first-order chi connectivity index (χ1) is 16.7. The van der Waals surface area contributed by atoms with E-state index in [1.54, 1.807) is 18.5 Å². The molecule has 8 nitrogen and oxygen atoms in total. The number of anilines is 2. The molecule has 0 aliphatic carbocycles. The zero-order valence-corrected chi connectivity index (χ0v) is 20.0. The van der Waals surface area contributed by atoms with Crippen molar-refractivity contribution in [2.45, 2.75) is 57.2 Å². The van der Waals surface area contributed by atoms with E-state index < -0.39 is 23.5 Å². The third kappa shape index (κ3) is 3.59. The van der Waals surface area contributed by atoms with E-state index in [0.717, 1.165) is 11.3 Å². The molecule has 1 aromatic heterocycles. The third-order valence-electron chi connectivity index (χ3n) is 6.94. The normalized spacial score (nSPS) is 24.8. The van der Waals surface area contributed by atoms with Crippen molar-refractivity contribution >= 4 is 17.5 Å². The number of allylic oxidation sites excluding steroid dienone is 1. The number of amides is 1.